The van der Waals surface area contributed by atoms with Crippen molar-refractivity contribution in [3.8, 4) is 5.75 Å². The Kier molecular flexibility index (Phi) is 7.19. The number of halogens is 4. The first-order valence-electron chi connectivity index (χ1n) is 6.79. The van der Waals surface area contributed by atoms with Gasteiger partial charge in [0.05, 0.1) is 31.8 Å². The minimum absolute atomic E-state index is 0.302. The molecule has 0 heterocycles. The van der Waals surface area contributed by atoms with Crippen LogP contribution in [0.25, 0.3) is 0 Å². The summed E-state index contributed by atoms with van der Waals surface area (Å²) in [7, 11) is 1.60. The van der Waals surface area contributed by atoms with E-state index in [0.29, 0.717) is 49.8 Å². The number of hydrogen-bond acceptors (Lipinski definition) is 3. The van der Waals surface area contributed by atoms with Crippen molar-refractivity contribution in [3.63, 3.8) is 0 Å². The van der Waals surface area contributed by atoms with Crippen molar-refractivity contribution >= 4 is 62.3 Å². The second-order valence-electron chi connectivity index (χ2n) is 4.69. The van der Waals surface area contributed by atoms with Crippen LogP contribution >= 0.6 is 50.7 Å². The Morgan fingerprint density at radius 2 is 1.79 bits per heavy atom. The van der Waals surface area contributed by atoms with E-state index in [9.17, 15) is 4.79 Å². The number of rotatable bonds is 6. The minimum atomic E-state index is -0.334. The summed E-state index contributed by atoms with van der Waals surface area (Å²) in [4.78, 5) is 12.4. The van der Waals surface area contributed by atoms with Crippen molar-refractivity contribution in [2.75, 3.05) is 25.6 Å². The lowest BCUT2D eigenvalue weighted by atomic mass is 10.2. The van der Waals surface area contributed by atoms with Gasteiger partial charge in [0, 0.05) is 12.7 Å². The van der Waals surface area contributed by atoms with E-state index >= 15 is 0 Å². The predicted octanol–water partition coefficient (Wildman–Crippen LogP) is 5.69. The number of ether oxygens (including phenoxy) is 2. The molecule has 2 aromatic carbocycles. The Labute approximate surface area is 163 Å². The molecule has 0 unspecified atom stereocenters. The van der Waals surface area contributed by atoms with Gasteiger partial charge in [0.15, 0.2) is 0 Å². The zero-order valence-corrected chi connectivity index (χ0v) is 16.4. The first-order valence-corrected chi connectivity index (χ1v) is 8.72. The predicted molar refractivity (Wildman–Crippen MR) is 101 cm³/mol. The van der Waals surface area contributed by atoms with Crippen LogP contribution in [0.3, 0.4) is 0 Å². The van der Waals surface area contributed by atoms with E-state index < -0.39 is 0 Å². The molecule has 128 valence electrons. The number of hydrogen-bond donors (Lipinski definition) is 1. The van der Waals surface area contributed by atoms with Crippen LogP contribution in [0.4, 0.5) is 5.69 Å². The first-order chi connectivity index (χ1) is 11.4. The van der Waals surface area contributed by atoms with E-state index in [1.54, 1.807) is 25.3 Å². The number of carbonyl (C=O) groups is 1. The lowest BCUT2D eigenvalue weighted by molar-refractivity contribution is 0.102. The summed E-state index contributed by atoms with van der Waals surface area (Å²) in [5, 5.41) is 3.62. The molecule has 0 saturated carbocycles. The van der Waals surface area contributed by atoms with E-state index in [0.717, 1.165) is 0 Å². The Morgan fingerprint density at radius 3 is 2.46 bits per heavy atom. The van der Waals surface area contributed by atoms with E-state index in [2.05, 4.69) is 21.2 Å². The molecule has 8 heteroatoms. The van der Waals surface area contributed by atoms with Gasteiger partial charge < -0.3 is 14.8 Å². The fourth-order valence-electron chi connectivity index (χ4n) is 1.81. The van der Waals surface area contributed by atoms with Crippen LogP contribution in [0.1, 0.15) is 10.4 Å². The Bertz CT molecular complexity index is 756. The van der Waals surface area contributed by atoms with Crippen molar-refractivity contribution in [3.05, 3.63) is 55.4 Å². The van der Waals surface area contributed by atoms with Gasteiger partial charge in [-0.15, -0.1) is 0 Å². The molecule has 0 atom stereocenters. The van der Waals surface area contributed by atoms with E-state index in [1.165, 1.54) is 12.1 Å². The minimum Gasteiger partial charge on any atom is -0.490 e. The number of methoxy groups -OCH3 is 1. The van der Waals surface area contributed by atoms with Crippen LogP contribution < -0.4 is 10.1 Å². The van der Waals surface area contributed by atoms with Crippen LogP contribution in [0.5, 0.6) is 5.75 Å². The van der Waals surface area contributed by atoms with E-state index in [-0.39, 0.29) is 5.91 Å². The summed E-state index contributed by atoms with van der Waals surface area (Å²) in [6.45, 7) is 0.893. The standard InChI is InChI=1S/C16H13BrCl3NO3/c1-23-4-5-24-15-3-2-9(6-10(15)17)16(22)21-14-8-12(19)11(18)7-13(14)20/h2-3,6-8H,4-5H2,1H3,(H,21,22). The van der Waals surface area contributed by atoms with Gasteiger partial charge in [-0.2, -0.15) is 0 Å². The zero-order valence-electron chi connectivity index (χ0n) is 12.5. The Morgan fingerprint density at radius 1 is 1.08 bits per heavy atom. The number of carbonyl (C=O) groups excluding carboxylic acids is 1. The van der Waals surface area contributed by atoms with Gasteiger partial charge in [-0.3, -0.25) is 4.79 Å². The highest BCUT2D eigenvalue weighted by atomic mass is 79.9. The molecule has 2 rings (SSSR count). The number of nitrogens with one attached hydrogen (secondary N) is 1. The number of benzene rings is 2. The zero-order chi connectivity index (χ0) is 17.7. The van der Waals surface area contributed by atoms with Crippen LogP contribution in [-0.2, 0) is 4.74 Å². The van der Waals surface area contributed by atoms with E-state index in [1.807, 2.05) is 0 Å². The van der Waals surface area contributed by atoms with Crippen molar-refractivity contribution in [1.82, 2.24) is 0 Å². The lowest BCUT2D eigenvalue weighted by Crippen LogP contribution is -2.12. The quantitative estimate of drug-likeness (QED) is 0.452. The van der Waals surface area contributed by atoms with Crippen LogP contribution in [0, 0.1) is 0 Å². The van der Waals surface area contributed by atoms with Crippen LogP contribution in [-0.4, -0.2) is 26.2 Å². The normalized spacial score (nSPS) is 10.5. The largest absolute Gasteiger partial charge is 0.490 e. The second kappa shape index (κ2) is 8.92. The topological polar surface area (TPSA) is 47.6 Å². The lowest BCUT2D eigenvalue weighted by Gasteiger charge is -2.11. The highest BCUT2D eigenvalue weighted by Crippen LogP contribution is 2.33. The fraction of sp³-hybridized carbons (Fsp3) is 0.188. The van der Waals surface area contributed by atoms with Gasteiger partial charge in [-0.05, 0) is 46.3 Å². The second-order valence-corrected chi connectivity index (χ2v) is 6.76. The van der Waals surface area contributed by atoms with Gasteiger partial charge in [0.2, 0.25) is 0 Å². The molecule has 0 aliphatic heterocycles. The summed E-state index contributed by atoms with van der Waals surface area (Å²) in [6.07, 6.45) is 0. The summed E-state index contributed by atoms with van der Waals surface area (Å²) in [6, 6.07) is 7.98. The van der Waals surface area contributed by atoms with Gasteiger partial charge >= 0.3 is 0 Å². The summed E-state index contributed by atoms with van der Waals surface area (Å²) >= 11 is 21.3. The summed E-state index contributed by atoms with van der Waals surface area (Å²) in [5.41, 5.74) is 0.815. The highest BCUT2D eigenvalue weighted by molar-refractivity contribution is 9.10. The SMILES string of the molecule is COCCOc1ccc(C(=O)Nc2cc(Cl)c(Cl)cc2Cl)cc1Br. The maximum absolute atomic E-state index is 12.4. The van der Waals surface area contributed by atoms with Gasteiger partial charge in [0.1, 0.15) is 12.4 Å². The molecule has 0 aliphatic carbocycles. The maximum Gasteiger partial charge on any atom is 0.255 e. The van der Waals surface area contributed by atoms with Crippen LogP contribution in [0.2, 0.25) is 15.1 Å². The molecule has 1 amide bonds. The van der Waals surface area contributed by atoms with Crippen LogP contribution in [0.15, 0.2) is 34.8 Å². The summed E-state index contributed by atoms with van der Waals surface area (Å²) < 4.78 is 11.1. The average molecular weight is 454 g/mol. The molecule has 0 bridgehead atoms. The third kappa shape index (κ3) is 5.01. The van der Waals surface area contributed by atoms with E-state index in [4.69, 9.17) is 44.3 Å². The van der Waals surface area contributed by atoms with Gasteiger partial charge in [-0.1, -0.05) is 34.8 Å². The van der Waals surface area contributed by atoms with Crippen molar-refractivity contribution in [2.45, 2.75) is 0 Å². The monoisotopic (exact) mass is 451 g/mol. The summed E-state index contributed by atoms with van der Waals surface area (Å²) in [5.74, 6) is 0.288. The smallest absolute Gasteiger partial charge is 0.255 e. The molecule has 0 fully saturated rings. The van der Waals surface area contributed by atoms with Gasteiger partial charge in [-0.25, -0.2) is 0 Å². The molecule has 0 spiro atoms. The third-order valence-corrected chi connectivity index (χ3v) is 4.65. The third-order valence-electron chi connectivity index (χ3n) is 3.00. The molecule has 0 aliphatic rings. The fourth-order valence-corrected chi connectivity index (χ4v) is 2.89. The molecule has 24 heavy (non-hydrogen) atoms. The number of amides is 1. The molecule has 0 aromatic heterocycles. The average Bonchev–Trinajstić information content (AvgIpc) is 2.54. The van der Waals surface area contributed by atoms with Crippen molar-refractivity contribution in [2.24, 2.45) is 0 Å². The van der Waals surface area contributed by atoms with Crippen molar-refractivity contribution < 1.29 is 14.3 Å². The molecular formula is C16H13BrCl3NO3. The highest BCUT2D eigenvalue weighted by Gasteiger charge is 2.13. The van der Waals surface area contributed by atoms with Gasteiger partial charge in [0.25, 0.3) is 5.91 Å². The molecular weight excluding hydrogens is 440 g/mol. The Balaban J connectivity index is 2.13. The molecule has 1 N–H and O–H groups in total. The molecule has 2 aromatic rings. The molecule has 0 saturated heterocycles. The first kappa shape index (κ1) is 19.3. The molecule has 4 nitrogen and oxygen atoms in total. The molecule has 0 radical (unpaired) electrons. The maximum atomic E-state index is 12.4. The Hall–Kier alpha value is -0.980. The van der Waals surface area contributed by atoms with Crippen molar-refractivity contribution in [1.29, 1.82) is 0 Å². The number of anilines is 1.